The van der Waals surface area contributed by atoms with Crippen LogP contribution in [0.3, 0.4) is 0 Å². The molecule has 2 aromatic rings. The van der Waals surface area contributed by atoms with Crippen molar-refractivity contribution in [2.75, 3.05) is 26.0 Å². The number of hydrogen-bond acceptors (Lipinski definition) is 3. The van der Waals surface area contributed by atoms with Crippen molar-refractivity contribution < 1.29 is 0 Å². The molecule has 0 amide bonds. The second kappa shape index (κ2) is 6.06. The molecule has 1 saturated carbocycles. The Hall–Kier alpha value is -1.55. The van der Waals surface area contributed by atoms with E-state index >= 15 is 0 Å². The van der Waals surface area contributed by atoms with Crippen LogP contribution in [0.4, 0.5) is 5.82 Å². The van der Waals surface area contributed by atoms with Crippen molar-refractivity contribution >= 4 is 16.7 Å². The minimum atomic E-state index is 0.773. The molecular weight excluding hydrogens is 260 g/mol. The average Bonchev–Trinajstić information content (AvgIpc) is 2.86. The Labute approximate surface area is 126 Å². The molecule has 21 heavy (non-hydrogen) atoms. The number of fused-ring (bicyclic) bond motifs is 1. The van der Waals surface area contributed by atoms with Gasteiger partial charge in [-0.3, -0.25) is 0 Å². The van der Waals surface area contributed by atoms with Gasteiger partial charge in [0.2, 0.25) is 0 Å². The van der Waals surface area contributed by atoms with Gasteiger partial charge in [-0.05, 0) is 64.8 Å². The lowest BCUT2D eigenvalue weighted by Crippen LogP contribution is -2.33. The van der Waals surface area contributed by atoms with Gasteiger partial charge >= 0.3 is 0 Å². The average molecular weight is 286 g/mol. The first-order valence-corrected chi connectivity index (χ1v) is 7.98. The minimum absolute atomic E-state index is 0.773. The Kier molecular flexibility index (Phi) is 4.15. The van der Waals surface area contributed by atoms with Crippen LogP contribution in [0.2, 0.25) is 0 Å². The third kappa shape index (κ3) is 3.21. The second-order valence-electron chi connectivity index (χ2n) is 6.59. The zero-order valence-corrected chi connectivity index (χ0v) is 13.3. The van der Waals surface area contributed by atoms with Crippen LogP contribution in [0.5, 0.6) is 0 Å². The molecule has 3 rings (SSSR count). The molecule has 0 unspecified atom stereocenters. The van der Waals surface area contributed by atoms with Gasteiger partial charge in [0, 0.05) is 29.9 Å². The molecule has 0 saturated heterocycles. The molecule has 1 fully saturated rings. The molecule has 2 aromatic heterocycles. The maximum Gasteiger partial charge on any atom is 0.135 e. The number of hydrogen-bond donors (Lipinski definition) is 2. The maximum atomic E-state index is 4.51. The fourth-order valence-electron chi connectivity index (χ4n) is 3.44. The van der Waals surface area contributed by atoms with E-state index < -0.39 is 0 Å². The molecular formula is C17H26N4. The Bertz CT molecular complexity index is 594. The lowest BCUT2D eigenvalue weighted by atomic mass is 9.85. The Balaban J connectivity index is 1.60. The molecule has 114 valence electrons. The molecule has 2 heterocycles. The maximum absolute atomic E-state index is 4.51. The largest absolute Gasteiger partial charge is 0.369 e. The summed E-state index contributed by atoms with van der Waals surface area (Å²) in [5.41, 5.74) is 2.36. The summed E-state index contributed by atoms with van der Waals surface area (Å²) in [7, 11) is 4.39. The molecule has 0 radical (unpaired) electrons. The van der Waals surface area contributed by atoms with E-state index in [0.29, 0.717) is 0 Å². The number of aromatic nitrogens is 2. The third-order valence-electron chi connectivity index (χ3n) is 4.79. The number of anilines is 1. The summed E-state index contributed by atoms with van der Waals surface area (Å²) in [5.74, 6) is 1.80. The van der Waals surface area contributed by atoms with E-state index in [2.05, 4.69) is 47.3 Å². The molecule has 2 N–H and O–H groups in total. The van der Waals surface area contributed by atoms with Gasteiger partial charge < -0.3 is 15.2 Å². The summed E-state index contributed by atoms with van der Waals surface area (Å²) in [5, 5.41) is 4.78. The molecule has 0 aromatic carbocycles. The van der Waals surface area contributed by atoms with E-state index in [-0.39, 0.29) is 0 Å². The van der Waals surface area contributed by atoms with Gasteiger partial charge in [0.1, 0.15) is 5.82 Å². The molecule has 1 aliphatic carbocycles. The molecule has 0 bridgehead atoms. The van der Waals surface area contributed by atoms with Crippen LogP contribution in [0.1, 0.15) is 31.4 Å². The number of H-pyrrole nitrogens is 1. The van der Waals surface area contributed by atoms with Crippen molar-refractivity contribution in [1.82, 2.24) is 14.9 Å². The van der Waals surface area contributed by atoms with Crippen LogP contribution >= 0.6 is 0 Å². The standard InChI is InChI=1S/C17H26N4/c1-12-10-15-16(20-12)8-9-18-17(15)19-11-13-4-6-14(7-5-13)21(2)3/h8-10,13-14,20H,4-7,11H2,1-3H3,(H,18,19). The SMILES string of the molecule is Cc1cc2c(NCC3CCC(N(C)C)CC3)nccc2[nH]1. The number of rotatable bonds is 4. The van der Waals surface area contributed by atoms with Gasteiger partial charge in [0.05, 0.1) is 5.52 Å². The zero-order chi connectivity index (χ0) is 14.8. The summed E-state index contributed by atoms with van der Waals surface area (Å²) in [4.78, 5) is 10.2. The molecule has 0 atom stereocenters. The van der Waals surface area contributed by atoms with Crippen molar-refractivity contribution in [2.24, 2.45) is 5.92 Å². The fraction of sp³-hybridized carbons (Fsp3) is 0.588. The second-order valence-corrected chi connectivity index (χ2v) is 6.59. The van der Waals surface area contributed by atoms with E-state index in [1.807, 2.05) is 12.3 Å². The molecule has 4 heteroatoms. The Morgan fingerprint density at radius 1 is 1.29 bits per heavy atom. The summed E-state index contributed by atoms with van der Waals surface area (Å²) in [6.07, 6.45) is 7.15. The van der Waals surface area contributed by atoms with Gasteiger partial charge in [-0.1, -0.05) is 0 Å². The summed E-state index contributed by atoms with van der Waals surface area (Å²) in [6.45, 7) is 3.13. The normalized spacial score (nSPS) is 22.9. The van der Waals surface area contributed by atoms with Crippen molar-refractivity contribution in [3.8, 4) is 0 Å². The van der Waals surface area contributed by atoms with Crippen LogP contribution in [-0.2, 0) is 0 Å². The van der Waals surface area contributed by atoms with Crippen LogP contribution in [-0.4, -0.2) is 41.5 Å². The van der Waals surface area contributed by atoms with Gasteiger partial charge in [0.15, 0.2) is 0 Å². The molecule has 0 aliphatic heterocycles. The van der Waals surface area contributed by atoms with Crippen molar-refractivity contribution in [2.45, 2.75) is 38.6 Å². The summed E-state index contributed by atoms with van der Waals surface area (Å²) in [6, 6.07) is 4.98. The van der Waals surface area contributed by atoms with Crippen molar-refractivity contribution in [1.29, 1.82) is 0 Å². The predicted octanol–water partition coefficient (Wildman–Crippen LogP) is 3.40. The lowest BCUT2D eigenvalue weighted by Gasteiger charge is -2.32. The first-order chi connectivity index (χ1) is 10.1. The number of pyridine rings is 1. The molecule has 0 spiro atoms. The number of nitrogens with one attached hydrogen (secondary N) is 2. The summed E-state index contributed by atoms with van der Waals surface area (Å²) < 4.78 is 0. The van der Waals surface area contributed by atoms with E-state index in [0.717, 1.165) is 24.3 Å². The third-order valence-corrected chi connectivity index (χ3v) is 4.79. The highest BCUT2D eigenvalue weighted by atomic mass is 15.1. The smallest absolute Gasteiger partial charge is 0.135 e. The van der Waals surface area contributed by atoms with Gasteiger partial charge in [-0.15, -0.1) is 0 Å². The molecule has 1 aliphatic rings. The lowest BCUT2D eigenvalue weighted by molar-refractivity contribution is 0.198. The monoisotopic (exact) mass is 286 g/mol. The topological polar surface area (TPSA) is 44.0 Å². The highest BCUT2D eigenvalue weighted by molar-refractivity contribution is 5.90. The van der Waals surface area contributed by atoms with Gasteiger partial charge in [0.25, 0.3) is 0 Å². The first-order valence-electron chi connectivity index (χ1n) is 7.98. The number of aromatic amines is 1. The van der Waals surface area contributed by atoms with Crippen molar-refractivity contribution in [3.63, 3.8) is 0 Å². The Morgan fingerprint density at radius 3 is 2.76 bits per heavy atom. The zero-order valence-electron chi connectivity index (χ0n) is 13.3. The van der Waals surface area contributed by atoms with E-state index in [4.69, 9.17) is 0 Å². The van der Waals surface area contributed by atoms with Gasteiger partial charge in [-0.25, -0.2) is 4.98 Å². The van der Waals surface area contributed by atoms with Crippen LogP contribution in [0.25, 0.3) is 10.9 Å². The van der Waals surface area contributed by atoms with E-state index in [9.17, 15) is 0 Å². The van der Waals surface area contributed by atoms with Crippen LogP contribution < -0.4 is 5.32 Å². The van der Waals surface area contributed by atoms with Crippen LogP contribution in [0, 0.1) is 12.8 Å². The number of nitrogens with zero attached hydrogens (tertiary/aromatic N) is 2. The minimum Gasteiger partial charge on any atom is -0.369 e. The summed E-state index contributed by atoms with van der Waals surface area (Å²) >= 11 is 0. The number of aryl methyl sites for hydroxylation is 1. The predicted molar refractivity (Wildman–Crippen MR) is 88.8 cm³/mol. The van der Waals surface area contributed by atoms with Crippen LogP contribution in [0.15, 0.2) is 18.3 Å². The highest BCUT2D eigenvalue weighted by Crippen LogP contribution is 2.28. The van der Waals surface area contributed by atoms with E-state index in [1.54, 1.807) is 0 Å². The molecule has 4 nitrogen and oxygen atoms in total. The van der Waals surface area contributed by atoms with E-state index in [1.165, 1.54) is 42.3 Å². The first kappa shape index (κ1) is 14.4. The van der Waals surface area contributed by atoms with Crippen molar-refractivity contribution in [3.05, 3.63) is 24.0 Å². The highest BCUT2D eigenvalue weighted by Gasteiger charge is 2.22. The fourth-order valence-corrected chi connectivity index (χ4v) is 3.44. The Morgan fingerprint density at radius 2 is 2.05 bits per heavy atom. The quantitative estimate of drug-likeness (QED) is 0.905. The van der Waals surface area contributed by atoms with Gasteiger partial charge in [-0.2, -0.15) is 0 Å².